The van der Waals surface area contributed by atoms with Crippen LogP contribution in [-0.4, -0.2) is 48.9 Å². The van der Waals surface area contributed by atoms with Gasteiger partial charge in [0.2, 0.25) is 17.7 Å². The molecule has 3 aliphatic heterocycles. The van der Waals surface area contributed by atoms with Gasteiger partial charge in [0.15, 0.2) is 0 Å². The maximum absolute atomic E-state index is 14.1. The molecule has 2 unspecified atom stereocenters. The summed E-state index contributed by atoms with van der Waals surface area (Å²) in [5.41, 5.74) is -0.542. The Kier molecular flexibility index (Phi) is 4.94. The number of benzene rings is 1. The minimum atomic E-state index is -1.43. The van der Waals surface area contributed by atoms with Gasteiger partial charge < -0.3 is 10.1 Å². The second-order valence-electron chi connectivity index (χ2n) is 8.51. The molecule has 156 valence electrons. The molecular weight excluding hydrogens is 377 g/mol. The predicted octanol–water partition coefficient (Wildman–Crippen LogP) is 1.63. The number of carbonyl (C=O) groups is 3. The highest BCUT2D eigenvalue weighted by Crippen LogP contribution is 2.53. The van der Waals surface area contributed by atoms with Gasteiger partial charge in [-0.15, -0.1) is 0 Å². The van der Waals surface area contributed by atoms with E-state index < -0.39 is 29.1 Å². The number of likely N-dealkylation sites (tertiary alicyclic amines) is 1. The molecule has 0 radical (unpaired) electrons. The van der Waals surface area contributed by atoms with Crippen LogP contribution in [0.15, 0.2) is 18.2 Å². The van der Waals surface area contributed by atoms with Crippen molar-refractivity contribution in [2.24, 2.45) is 17.8 Å². The summed E-state index contributed by atoms with van der Waals surface area (Å²) < 4.78 is 19.1. The predicted molar refractivity (Wildman–Crippen MR) is 103 cm³/mol. The Morgan fingerprint density at radius 2 is 2.00 bits per heavy atom. The molecule has 3 amide bonds. The quantitative estimate of drug-likeness (QED) is 0.557. The zero-order chi connectivity index (χ0) is 20.9. The minimum Gasteiger partial charge on any atom is -0.385 e. The number of amides is 3. The van der Waals surface area contributed by atoms with E-state index in [1.54, 1.807) is 7.11 Å². The van der Waals surface area contributed by atoms with Gasteiger partial charge in [-0.05, 0) is 37.0 Å². The van der Waals surface area contributed by atoms with Crippen molar-refractivity contribution in [1.29, 1.82) is 0 Å². The molecule has 1 aromatic rings. The van der Waals surface area contributed by atoms with Crippen LogP contribution in [0, 0.1) is 23.6 Å². The van der Waals surface area contributed by atoms with E-state index in [2.05, 4.69) is 10.6 Å². The van der Waals surface area contributed by atoms with Gasteiger partial charge in [0, 0.05) is 37.6 Å². The first kappa shape index (κ1) is 20.0. The van der Waals surface area contributed by atoms with E-state index in [4.69, 9.17) is 4.74 Å². The topological polar surface area (TPSA) is 87.7 Å². The summed E-state index contributed by atoms with van der Waals surface area (Å²) in [5.74, 6) is -2.80. The number of nitrogens with zero attached hydrogens (tertiary/aromatic N) is 1. The van der Waals surface area contributed by atoms with Gasteiger partial charge in [0.25, 0.3) is 0 Å². The van der Waals surface area contributed by atoms with Crippen molar-refractivity contribution in [3.63, 3.8) is 0 Å². The van der Waals surface area contributed by atoms with Crippen LogP contribution in [0.5, 0.6) is 0 Å². The second kappa shape index (κ2) is 7.18. The van der Waals surface area contributed by atoms with E-state index in [-0.39, 0.29) is 30.3 Å². The Hall–Kier alpha value is -2.32. The van der Waals surface area contributed by atoms with Crippen molar-refractivity contribution >= 4 is 23.4 Å². The maximum atomic E-state index is 14.1. The lowest BCUT2D eigenvalue weighted by Crippen LogP contribution is -2.53. The van der Waals surface area contributed by atoms with Crippen LogP contribution in [0.25, 0.3) is 0 Å². The molecule has 4 atom stereocenters. The van der Waals surface area contributed by atoms with Crippen molar-refractivity contribution in [3.8, 4) is 0 Å². The van der Waals surface area contributed by atoms with Gasteiger partial charge in [-0.2, -0.15) is 0 Å². The number of rotatable bonds is 6. The smallest absolute Gasteiger partial charge is 0.250 e. The molecule has 3 heterocycles. The van der Waals surface area contributed by atoms with Crippen molar-refractivity contribution in [3.05, 3.63) is 29.6 Å². The zero-order valence-electron chi connectivity index (χ0n) is 16.8. The van der Waals surface area contributed by atoms with Crippen LogP contribution in [0.1, 0.15) is 32.3 Å². The van der Waals surface area contributed by atoms with Crippen LogP contribution < -0.4 is 10.6 Å². The first-order chi connectivity index (χ1) is 13.8. The van der Waals surface area contributed by atoms with Crippen LogP contribution in [0.4, 0.5) is 10.1 Å². The Labute approximate surface area is 169 Å². The van der Waals surface area contributed by atoms with E-state index in [9.17, 15) is 18.8 Å². The van der Waals surface area contributed by atoms with Gasteiger partial charge >= 0.3 is 0 Å². The van der Waals surface area contributed by atoms with E-state index in [1.807, 2.05) is 13.8 Å². The first-order valence-corrected chi connectivity index (χ1v) is 10.0. The lowest BCUT2D eigenvalue weighted by atomic mass is 9.76. The van der Waals surface area contributed by atoms with E-state index >= 15 is 0 Å². The molecule has 2 fully saturated rings. The first-order valence-electron chi connectivity index (χ1n) is 10.0. The van der Waals surface area contributed by atoms with Crippen LogP contribution in [-0.2, 0) is 24.7 Å². The largest absolute Gasteiger partial charge is 0.385 e. The van der Waals surface area contributed by atoms with Crippen molar-refractivity contribution in [2.75, 3.05) is 25.6 Å². The standard InChI is InChI=1S/C21H26FN3O4/c1-11(2)9-15-16-17(19(27)25(18(16)26)7-4-8-29-3)21(24-15)13-10-12(22)5-6-14(13)23-20(21)28/h5-6,10-11,15-17,24H,4,7-9H2,1-3H3,(H,23,28)/t15?,16-,17+,21?/m0/s1. The van der Waals surface area contributed by atoms with Crippen LogP contribution in [0.2, 0.25) is 0 Å². The molecule has 7 nitrogen and oxygen atoms in total. The maximum Gasteiger partial charge on any atom is 0.250 e. The van der Waals surface area contributed by atoms with E-state index in [0.29, 0.717) is 30.7 Å². The molecule has 0 saturated carbocycles. The second-order valence-corrected chi connectivity index (χ2v) is 8.51. The molecular formula is C21H26FN3O4. The number of hydrogen-bond acceptors (Lipinski definition) is 5. The summed E-state index contributed by atoms with van der Waals surface area (Å²) in [6.07, 6.45) is 1.16. The third-order valence-corrected chi connectivity index (χ3v) is 6.22. The summed E-state index contributed by atoms with van der Waals surface area (Å²) in [4.78, 5) is 41.0. The lowest BCUT2D eigenvalue weighted by molar-refractivity contribution is -0.143. The summed E-state index contributed by atoms with van der Waals surface area (Å²) in [7, 11) is 1.56. The summed E-state index contributed by atoms with van der Waals surface area (Å²) >= 11 is 0. The number of anilines is 1. The number of ether oxygens (including phenoxy) is 1. The van der Waals surface area contributed by atoms with Gasteiger partial charge in [-0.25, -0.2) is 4.39 Å². The van der Waals surface area contributed by atoms with Crippen LogP contribution >= 0.6 is 0 Å². The molecule has 0 aromatic heterocycles. The average Bonchev–Trinajstić information content (AvgIpc) is 3.22. The zero-order valence-corrected chi connectivity index (χ0v) is 16.8. The fraction of sp³-hybridized carbons (Fsp3) is 0.571. The molecule has 0 bridgehead atoms. The van der Waals surface area contributed by atoms with Gasteiger partial charge in [0.1, 0.15) is 11.4 Å². The van der Waals surface area contributed by atoms with Crippen molar-refractivity contribution < 1.29 is 23.5 Å². The molecule has 0 aliphatic carbocycles. The number of fused-ring (bicyclic) bond motifs is 4. The van der Waals surface area contributed by atoms with Crippen molar-refractivity contribution in [2.45, 2.75) is 38.3 Å². The molecule has 2 N–H and O–H groups in total. The third-order valence-electron chi connectivity index (χ3n) is 6.22. The highest BCUT2D eigenvalue weighted by molar-refractivity contribution is 6.15. The Bertz CT molecular complexity index is 873. The normalized spacial score (nSPS) is 30.4. The van der Waals surface area contributed by atoms with E-state index in [1.165, 1.54) is 23.1 Å². The number of hydrogen-bond donors (Lipinski definition) is 2. The lowest BCUT2D eigenvalue weighted by Gasteiger charge is -2.29. The number of imide groups is 1. The number of halogens is 1. The number of carbonyl (C=O) groups excluding carboxylic acids is 3. The molecule has 8 heteroatoms. The molecule has 1 aromatic carbocycles. The third kappa shape index (κ3) is 2.88. The SMILES string of the molecule is COCCCN1C(=O)[C@H]2C(CC(C)C)NC3(C(=O)Nc4ccc(F)cc43)[C@H]2C1=O. The molecule has 29 heavy (non-hydrogen) atoms. The van der Waals surface area contributed by atoms with Crippen LogP contribution in [0.3, 0.4) is 0 Å². The minimum absolute atomic E-state index is 0.251. The average molecular weight is 403 g/mol. The molecule has 1 spiro atoms. The van der Waals surface area contributed by atoms with Gasteiger partial charge in [0.05, 0.1) is 11.8 Å². The Balaban J connectivity index is 1.79. The van der Waals surface area contributed by atoms with E-state index in [0.717, 1.165) is 0 Å². The molecule has 3 aliphatic rings. The Morgan fingerprint density at radius 3 is 2.69 bits per heavy atom. The highest BCUT2D eigenvalue weighted by Gasteiger charge is 2.70. The molecule has 4 rings (SSSR count). The van der Waals surface area contributed by atoms with Crippen molar-refractivity contribution in [1.82, 2.24) is 10.2 Å². The van der Waals surface area contributed by atoms with Gasteiger partial charge in [-0.3, -0.25) is 24.6 Å². The summed E-state index contributed by atoms with van der Waals surface area (Å²) in [6, 6.07) is 3.72. The fourth-order valence-electron chi connectivity index (χ4n) is 5.13. The molecule has 2 saturated heterocycles. The monoisotopic (exact) mass is 403 g/mol. The summed E-state index contributed by atoms with van der Waals surface area (Å²) in [6.45, 7) is 4.74. The number of methoxy groups -OCH3 is 1. The Morgan fingerprint density at radius 1 is 1.24 bits per heavy atom. The fourth-order valence-corrected chi connectivity index (χ4v) is 5.13. The summed E-state index contributed by atoms with van der Waals surface area (Å²) in [5, 5.41) is 6.09. The number of nitrogens with one attached hydrogen (secondary N) is 2. The van der Waals surface area contributed by atoms with Gasteiger partial charge in [-0.1, -0.05) is 13.8 Å². The highest BCUT2D eigenvalue weighted by atomic mass is 19.1.